The van der Waals surface area contributed by atoms with Gasteiger partial charge in [0.25, 0.3) is 11.5 Å². The summed E-state index contributed by atoms with van der Waals surface area (Å²) in [6.07, 6.45) is 3.49. The number of fused-ring (bicyclic) bond motifs is 1. The van der Waals surface area contributed by atoms with Crippen molar-refractivity contribution in [3.63, 3.8) is 0 Å². The zero-order valence-electron chi connectivity index (χ0n) is 15.9. The Morgan fingerprint density at radius 1 is 1.25 bits per heavy atom. The number of piperidine rings is 1. The topological polar surface area (TPSA) is 66.7 Å². The van der Waals surface area contributed by atoms with Gasteiger partial charge in [-0.2, -0.15) is 0 Å². The van der Waals surface area contributed by atoms with Gasteiger partial charge in [-0.25, -0.2) is 4.98 Å². The molecule has 28 heavy (non-hydrogen) atoms. The lowest BCUT2D eigenvalue weighted by Gasteiger charge is -2.32. The number of nitrogens with zero attached hydrogens (tertiary/aromatic N) is 3. The molecule has 146 valence electrons. The molecular weight excluding hydrogens is 372 g/mol. The van der Waals surface area contributed by atoms with E-state index in [1.165, 1.54) is 27.5 Å². The van der Waals surface area contributed by atoms with Gasteiger partial charge in [-0.1, -0.05) is 30.3 Å². The second kappa shape index (κ2) is 8.24. The molecule has 2 aromatic heterocycles. The Morgan fingerprint density at radius 2 is 2.00 bits per heavy atom. The third-order valence-electron chi connectivity index (χ3n) is 5.37. The van der Waals surface area contributed by atoms with E-state index in [1.54, 1.807) is 0 Å². The highest BCUT2D eigenvalue weighted by atomic mass is 32.1. The number of nitrogens with one attached hydrogen (secondary N) is 1. The van der Waals surface area contributed by atoms with Crippen molar-refractivity contribution in [2.45, 2.75) is 26.3 Å². The lowest BCUT2D eigenvalue weighted by molar-refractivity contribution is 0.0933. The molecule has 1 saturated heterocycles. The molecule has 4 rings (SSSR count). The van der Waals surface area contributed by atoms with Gasteiger partial charge in [0.15, 0.2) is 4.96 Å². The van der Waals surface area contributed by atoms with E-state index < -0.39 is 0 Å². The predicted octanol–water partition coefficient (Wildman–Crippen LogP) is 2.71. The SMILES string of the molecule is Cc1csc2ncc(C(=O)NCC3CCN(Cc4ccccc4)CC3)c(=O)n12. The molecule has 1 amide bonds. The van der Waals surface area contributed by atoms with Crippen molar-refractivity contribution >= 4 is 22.2 Å². The van der Waals surface area contributed by atoms with Crippen molar-refractivity contribution < 1.29 is 4.79 Å². The summed E-state index contributed by atoms with van der Waals surface area (Å²) in [6, 6.07) is 10.5. The number of likely N-dealkylation sites (tertiary alicyclic amines) is 1. The van der Waals surface area contributed by atoms with E-state index in [-0.39, 0.29) is 17.0 Å². The number of aryl methyl sites for hydroxylation is 1. The van der Waals surface area contributed by atoms with Gasteiger partial charge in [0.1, 0.15) is 5.56 Å². The summed E-state index contributed by atoms with van der Waals surface area (Å²) in [5.41, 5.74) is 1.96. The molecule has 0 spiro atoms. The Morgan fingerprint density at radius 3 is 2.75 bits per heavy atom. The number of benzene rings is 1. The number of carbonyl (C=O) groups is 1. The monoisotopic (exact) mass is 396 g/mol. The summed E-state index contributed by atoms with van der Waals surface area (Å²) >= 11 is 1.40. The molecule has 3 heterocycles. The fourth-order valence-corrected chi connectivity index (χ4v) is 4.53. The second-order valence-electron chi connectivity index (χ2n) is 7.39. The minimum absolute atomic E-state index is 0.112. The molecule has 6 nitrogen and oxygen atoms in total. The minimum atomic E-state index is -0.329. The summed E-state index contributed by atoms with van der Waals surface area (Å²) in [6.45, 7) is 5.47. The van der Waals surface area contributed by atoms with Crippen LogP contribution >= 0.6 is 11.3 Å². The first kappa shape index (κ1) is 18.8. The van der Waals surface area contributed by atoms with Crippen molar-refractivity contribution in [2.24, 2.45) is 5.92 Å². The number of hydrogen-bond acceptors (Lipinski definition) is 5. The lowest BCUT2D eigenvalue weighted by atomic mass is 9.96. The summed E-state index contributed by atoms with van der Waals surface area (Å²) in [4.78, 5) is 32.4. The van der Waals surface area contributed by atoms with Gasteiger partial charge in [0, 0.05) is 30.4 Å². The molecule has 0 atom stereocenters. The van der Waals surface area contributed by atoms with Crippen molar-refractivity contribution in [1.82, 2.24) is 19.6 Å². The minimum Gasteiger partial charge on any atom is -0.352 e. The molecule has 0 unspecified atom stereocenters. The van der Waals surface area contributed by atoms with Crippen LogP contribution in [0.5, 0.6) is 0 Å². The van der Waals surface area contributed by atoms with Gasteiger partial charge < -0.3 is 5.32 Å². The van der Waals surface area contributed by atoms with Crippen molar-refractivity contribution in [3.05, 3.63) is 69.1 Å². The molecule has 0 aliphatic carbocycles. The standard InChI is InChI=1S/C21H24N4O2S/c1-15-14-28-21-23-12-18(20(27)25(15)21)19(26)22-11-16-7-9-24(10-8-16)13-17-5-3-2-4-6-17/h2-6,12,14,16H,7-11,13H2,1H3,(H,22,26). The molecule has 0 radical (unpaired) electrons. The van der Waals surface area contributed by atoms with Gasteiger partial charge >= 0.3 is 0 Å². The van der Waals surface area contributed by atoms with Crippen LogP contribution in [0.4, 0.5) is 0 Å². The Kier molecular flexibility index (Phi) is 5.54. The summed E-state index contributed by atoms with van der Waals surface area (Å²) < 4.78 is 1.50. The number of aromatic nitrogens is 2. The first-order valence-corrected chi connectivity index (χ1v) is 10.5. The van der Waals surface area contributed by atoms with Crippen LogP contribution in [0.15, 0.2) is 46.7 Å². The van der Waals surface area contributed by atoms with Crippen LogP contribution in [0.2, 0.25) is 0 Å². The Hall–Kier alpha value is -2.51. The summed E-state index contributed by atoms with van der Waals surface area (Å²) in [7, 11) is 0. The quantitative estimate of drug-likeness (QED) is 0.720. The number of carbonyl (C=O) groups excluding carboxylic acids is 1. The number of thiazole rings is 1. The van der Waals surface area contributed by atoms with E-state index in [4.69, 9.17) is 0 Å². The van der Waals surface area contributed by atoms with E-state index in [2.05, 4.69) is 39.5 Å². The highest BCUT2D eigenvalue weighted by Gasteiger charge is 2.21. The molecule has 1 aromatic carbocycles. The van der Waals surface area contributed by atoms with Gasteiger partial charge in [-0.15, -0.1) is 11.3 Å². The van der Waals surface area contributed by atoms with Crippen LogP contribution in [0.3, 0.4) is 0 Å². The number of hydrogen-bond donors (Lipinski definition) is 1. The number of amides is 1. The van der Waals surface area contributed by atoms with E-state index >= 15 is 0 Å². The molecule has 3 aromatic rings. The maximum atomic E-state index is 12.6. The molecule has 7 heteroatoms. The Balaban J connectivity index is 1.31. The smallest absolute Gasteiger partial charge is 0.271 e. The van der Waals surface area contributed by atoms with Crippen LogP contribution < -0.4 is 10.9 Å². The lowest BCUT2D eigenvalue weighted by Crippen LogP contribution is -2.39. The van der Waals surface area contributed by atoms with Crippen molar-refractivity contribution in [3.8, 4) is 0 Å². The zero-order chi connectivity index (χ0) is 19.5. The third-order valence-corrected chi connectivity index (χ3v) is 6.33. The highest BCUT2D eigenvalue weighted by molar-refractivity contribution is 7.15. The Bertz CT molecular complexity index is 1020. The van der Waals surface area contributed by atoms with Gasteiger partial charge in [-0.3, -0.25) is 18.9 Å². The van der Waals surface area contributed by atoms with Gasteiger partial charge in [0.05, 0.1) is 0 Å². The molecule has 1 N–H and O–H groups in total. The van der Waals surface area contributed by atoms with E-state index in [1.807, 2.05) is 18.4 Å². The van der Waals surface area contributed by atoms with Gasteiger partial charge in [-0.05, 0) is 44.3 Å². The molecule has 0 saturated carbocycles. The molecule has 1 fully saturated rings. The first-order valence-electron chi connectivity index (χ1n) is 9.62. The maximum absolute atomic E-state index is 12.6. The fraction of sp³-hybridized carbons (Fsp3) is 0.381. The molecular formula is C21H24N4O2S. The van der Waals surface area contributed by atoms with Gasteiger partial charge in [0.2, 0.25) is 0 Å². The molecule has 1 aliphatic rings. The largest absolute Gasteiger partial charge is 0.352 e. The zero-order valence-corrected chi connectivity index (χ0v) is 16.7. The molecule has 1 aliphatic heterocycles. The van der Waals surface area contributed by atoms with Crippen molar-refractivity contribution in [1.29, 1.82) is 0 Å². The second-order valence-corrected chi connectivity index (χ2v) is 8.22. The van der Waals surface area contributed by atoms with Crippen molar-refractivity contribution in [2.75, 3.05) is 19.6 Å². The van der Waals surface area contributed by atoms with E-state index in [9.17, 15) is 9.59 Å². The fourth-order valence-electron chi connectivity index (χ4n) is 3.70. The average molecular weight is 397 g/mol. The normalized spacial score (nSPS) is 15.8. The average Bonchev–Trinajstić information content (AvgIpc) is 3.10. The van der Waals surface area contributed by atoms with Crippen LogP contribution in [-0.4, -0.2) is 39.8 Å². The molecule has 0 bridgehead atoms. The van der Waals surface area contributed by atoms with E-state index in [0.29, 0.717) is 17.4 Å². The third kappa shape index (κ3) is 4.00. The van der Waals surface area contributed by atoms with Crippen LogP contribution in [0, 0.1) is 12.8 Å². The van der Waals surface area contributed by atoms with E-state index in [0.717, 1.165) is 38.2 Å². The highest BCUT2D eigenvalue weighted by Crippen LogP contribution is 2.18. The Labute approximate surface area is 167 Å². The summed E-state index contributed by atoms with van der Waals surface area (Å²) in [5.74, 6) is 0.113. The van der Waals surface area contributed by atoms with Crippen LogP contribution in [0.25, 0.3) is 4.96 Å². The first-order chi connectivity index (χ1) is 13.6. The summed E-state index contributed by atoms with van der Waals surface area (Å²) in [5, 5.41) is 4.81. The number of rotatable bonds is 5. The maximum Gasteiger partial charge on any atom is 0.271 e. The predicted molar refractivity (Wildman–Crippen MR) is 111 cm³/mol. The van der Waals surface area contributed by atoms with Crippen LogP contribution in [0.1, 0.15) is 34.5 Å². The van der Waals surface area contributed by atoms with Crippen LogP contribution in [-0.2, 0) is 6.54 Å².